The molecule has 0 saturated carbocycles. The van der Waals surface area contributed by atoms with Crippen LogP contribution in [0, 0.1) is 0 Å². The van der Waals surface area contributed by atoms with E-state index in [4.69, 9.17) is 0 Å². The molecule has 16 heavy (non-hydrogen) atoms. The molecule has 2 heteroatoms. The molecule has 0 spiro atoms. The first kappa shape index (κ1) is 10.9. The summed E-state index contributed by atoms with van der Waals surface area (Å²) in [5, 5.41) is 0. The van der Waals surface area contributed by atoms with E-state index in [2.05, 4.69) is 29.2 Å². The molecule has 0 atom stereocenters. The first-order valence-corrected chi connectivity index (χ1v) is 5.60. The lowest BCUT2D eigenvalue weighted by atomic mass is 10.0. The largest absolute Gasteiger partial charge is 0.378 e. The number of rotatable bonds is 2. The standard InChI is InChI=1S/C14H17NO/c1-10-13(8-9-14(10)16)11-4-6-12(7-5-11)15(2)3/h4-7H,8-9H2,1-3H3. The van der Waals surface area contributed by atoms with Crippen LogP contribution in [0.1, 0.15) is 25.3 Å². The minimum Gasteiger partial charge on any atom is -0.378 e. The van der Waals surface area contributed by atoms with Gasteiger partial charge in [-0.05, 0) is 42.2 Å². The SMILES string of the molecule is CC1=C(c2ccc(N(C)C)cc2)CCC1=O. The van der Waals surface area contributed by atoms with Gasteiger partial charge in [-0.3, -0.25) is 4.79 Å². The molecule has 84 valence electrons. The Morgan fingerprint density at radius 2 is 1.69 bits per heavy atom. The van der Waals surface area contributed by atoms with Gasteiger partial charge in [0, 0.05) is 26.2 Å². The van der Waals surface area contributed by atoms with E-state index >= 15 is 0 Å². The Balaban J connectivity index is 2.33. The minimum absolute atomic E-state index is 0.298. The molecule has 0 fully saturated rings. The lowest BCUT2D eigenvalue weighted by Crippen LogP contribution is -2.08. The third-order valence-electron chi connectivity index (χ3n) is 3.21. The lowest BCUT2D eigenvalue weighted by Gasteiger charge is -2.13. The Morgan fingerprint density at radius 1 is 1.06 bits per heavy atom. The van der Waals surface area contributed by atoms with Gasteiger partial charge in [-0.2, -0.15) is 0 Å². The van der Waals surface area contributed by atoms with E-state index in [1.165, 1.54) is 16.8 Å². The van der Waals surface area contributed by atoms with Gasteiger partial charge in [0.1, 0.15) is 0 Å². The van der Waals surface area contributed by atoms with Crippen LogP contribution < -0.4 is 4.90 Å². The maximum atomic E-state index is 11.5. The third kappa shape index (κ3) is 1.87. The molecule has 0 heterocycles. The van der Waals surface area contributed by atoms with Crippen molar-refractivity contribution in [2.24, 2.45) is 0 Å². The van der Waals surface area contributed by atoms with Gasteiger partial charge >= 0.3 is 0 Å². The molecule has 0 N–H and O–H groups in total. The zero-order chi connectivity index (χ0) is 11.7. The second kappa shape index (κ2) is 4.12. The number of allylic oxidation sites excluding steroid dienone is 2. The topological polar surface area (TPSA) is 20.3 Å². The number of hydrogen-bond donors (Lipinski definition) is 0. The molecule has 0 saturated heterocycles. The van der Waals surface area contributed by atoms with Crippen LogP contribution in [0.4, 0.5) is 5.69 Å². The monoisotopic (exact) mass is 215 g/mol. The highest BCUT2D eigenvalue weighted by Gasteiger charge is 2.19. The first-order valence-electron chi connectivity index (χ1n) is 5.60. The number of nitrogens with zero attached hydrogens (tertiary/aromatic N) is 1. The number of hydrogen-bond acceptors (Lipinski definition) is 2. The smallest absolute Gasteiger partial charge is 0.159 e. The van der Waals surface area contributed by atoms with Gasteiger partial charge in [0.25, 0.3) is 0 Å². The van der Waals surface area contributed by atoms with Crippen molar-refractivity contribution in [2.75, 3.05) is 19.0 Å². The van der Waals surface area contributed by atoms with Gasteiger partial charge in [0.2, 0.25) is 0 Å². The number of carbonyl (C=O) groups excluding carboxylic acids is 1. The van der Waals surface area contributed by atoms with Crippen LogP contribution in [0.3, 0.4) is 0 Å². The summed E-state index contributed by atoms with van der Waals surface area (Å²) < 4.78 is 0. The van der Waals surface area contributed by atoms with E-state index in [0.29, 0.717) is 12.2 Å². The van der Waals surface area contributed by atoms with Crippen molar-refractivity contribution in [1.29, 1.82) is 0 Å². The van der Waals surface area contributed by atoms with E-state index in [0.717, 1.165) is 12.0 Å². The van der Waals surface area contributed by atoms with Crippen LogP contribution in [0.25, 0.3) is 5.57 Å². The molecule has 2 nitrogen and oxygen atoms in total. The summed E-state index contributed by atoms with van der Waals surface area (Å²) in [6, 6.07) is 8.40. The van der Waals surface area contributed by atoms with Gasteiger partial charge < -0.3 is 4.90 Å². The van der Waals surface area contributed by atoms with Crippen molar-refractivity contribution in [2.45, 2.75) is 19.8 Å². The highest BCUT2D eigenvalue weighted by Crippen LogP contribution is 2.31. The van der Waals surface area contributed by atoms with E-state index in [9.17, 15) is 4.79 Å². The average molecular weight is 215 g/mol. The zero-order valence-electron chi connectivity index (χ0n) is 10.1. The molecule has 1 aromatic rings. The molecule has 0 bridgehead atoms. The second-order valence-electron chi connectivity index (χ2n) is 4.47. The molecule has 1 aliphatic rings. The molecule has 0 aromatic heterocycles. The summed E-state index contributed by atoms with van der Waals surface area (Å²) in [4.78, 5) is 13.5. The number of carbonyl (C=O) groups is 1. The van der Waals surface area contributed by atoms with Crippen molar-refractivity contribution in [3.8, 4) is 0 Å². The molecular formula is C14H17NO. The fourth-order valence-electron chi connectivity index (χ4n) is 2.10. The van der Waals surface area contributed by atoms with E-state index in [-0.39, 0.29) is 0 Å². The van der Waals surface area contributed by atoms with Crippen molar-refractivity contribution >= 4 is 17.0 Å². The molecule has 0 amide bonds. The third-order valence-corrected chi connectivity index (χ3v) is 3.21. The Labute approximate surface area is 96.6 Å². The minimum atomic E-state index is 0.298. The van der Waals surface area contributed by atoms with Crippen LogP contribution in [-0.2, 0) is 4.79 Å². The predicted molar refractivity (Wildman–Crippen MR) is 67.6 cm³/mol. The fraction of sp³-hybridized carbons (Fsp3) is 0.357. The molecule has 1 aromatic carbocycles. The highest BCUT2D eigenvalue weighted by atomic mass is 16.1. The number of anilines is 1. The highest BCUT2D eigenvalue weighted by molar-refractivity contribution is 6.06. The summed E-state index contributed by atoms with van der Waals surface area (Å²) in [5.74, 6) is 0.298. The van der Waals surface area contributed by atoms with Crippen molar-refractivity contribution < 1.29 is 4.79 Å². The second-order valence-corrected chi connectivity index (χ2v) is 4.47. The van der Waals surface area contributed by atoms with E-state index in [1.807, 2.05) is 21.0 Å². The Bertz CT molecular complexity index is 440. The Kier molecular flexibility index (Phi) is 2.82. The quantitative estimate of drug-likeness (QED) is 0.756. The van der Waals surface area contributed by atoms with Crippen LogP contribution in [0.5, 0.6) is 0 Å². The normalized spacial score (nSPS) is 15.8. The van der Waals surface area contributed by atoms with Crippen molar-refractivity contribution in [1.82, 2.24) is 0 Å². The molecular weight excluding hydrogens is 198 g/mol. The molecule has 2 rings (SSSR count). The van der Waals surface area contributed by atoms with Crippen LogP contribution in [0.2, 0.25) is 0 Å². The van der Waals surface area contributed by atoms with Crippen molar-refractivity contribution in [3.63, 3.8) is 0 Å². The number of Topliss-reactive ketones (excluding diaryl/α,β-unsaturated/α-hetero) is 1. The fourth-order valence-corrected chi connectivity index (χ4v) is 2.10. The lowest BCUT2D eigenvalue weighted by molar-refractivity contribution is -0.114. The first-order chi connectivity index (χ1) is 7.59. The van der Waals surface area contributed by atoms with Crippen LogP contribution in [-0.4, -0.2) is 19.9 Å². The predicted octanol–water partition coefficient (Wildman–Crippen LogP) is 2.89. The van der Waals surface area contributed by atoms with Gasteiger partial charge in [-0.15, -0.1) is 0 Å². The van der Waals surface area contributed by atoms with E-state index < -0.39 is 0 Å². The maximum absolute atomic E-state index is 11.5. The van der Waals surface area contributed by atoms with E-state index in [1.54, 1.807) is 0 Å². The summed E-state index contributed by atoms with van der Waals surface area (Å²) in [6.07, 6.45) is 1.57. The van der Waals surface area contributed by atoms with Crippen LogP contribution in [0.15, 0.2) is 29.8 Å². The van der Waals surface area contributed by atoms with Gasteiger partial charge in [-0.25, -0.2) is 0 Å². The summed E-state index contributed by atoms with van der Waals surface area (Å²) in [7, 11) is 4.05. The summed E-state index contributed by atoms with van der Waals surface area (Å²) in [6.45, 7) is 1.94. The number of benzene rings is 1. The van der Waals surface area contributed by atoms with Crippen molar-refractivity contribution in [3.05, 3.63) is 35.4 Å². The van der Waals surface area contributed by atoms with Gasteiger partial charge in [0.15, 0.2) is 5.78 Å². The summed E-state index contributed by atoms with van der Waals surface area (Å²) in [5.41, 5.74) is 4.54. The van der Waals surface area contributed by atoms with Gasteiger partial charge in [-0.1, -0.05) is 12.1 Å². The van der Waals surface area contributed by atoms with Gasteiger partial charge in [0.05, 0.1) is 0 Å². The molecule has 0 radical (unpaired) electrons. The molecule has 0 unspecified atom stereocenters. The summed E-state index contributed by atoms with van der Waals surface area (Å²) >= 11 is 0. The Hall–Kier alpha value is -1.57. The van der Waals surface area contributed by atoms with Crippen LogP contribution >= 0.6 is 0 Å². The molecule has 0 aliphatic heterocycles. The molecule has 1 aliphatic carbocycles. The maximum Gasteiger partial charge on any atom is 0.159 e. The number of ketones is 1. The zero-order valence-corrected chi connectivity index (χ0v) is 10.1. The Morgan fingerprint density at radius 3 is 2.12 bits per heavy atom. The average Bonchev–Trinajstić information content (AvgIpc) is 2.60.